The Bertz CT molecular complexity index is 715. The number of benzene rings is 1. The minimum atomic E-state index is -3.34. The van der Waals surface area contributed by atoms with Crippen LogP contribution >= 0.6 is 0 Å². The Hall–Kier alpha value is -1.60. The van der Waals surface area contributed by atoms with Gasteiger partial charge in [-0.1, -0.05) is 20.8 Å². The maximum Gasteiger partial charge on any atom is 0.224 e. The molecule has 1 N–H and O–H groups in total. The van der Waals surface area contributed by atoms with Crippen molar-refractivity contribution in [3.63, 3.8) is 0 Å². The first kappa shape index (κ1) is 22.4. The van der Waals surface area contributed by atoms with Gasteiger partial charge in [0.25, 0.3) is 0 Å². The number of amides is 1. The maximum absolute atomic E-state index is 12.2. The Kier molecular flexibility index (Phi) is 8.09. The summed E-state index contributed by atoms with van der Waals surface area (Å²) in [6, 6.07) is 5.54. The Morgan fingerprint density at radius 1 is 1.19 bits per heavy atom. The number of nitrogens with zero attached hydrogens (tertiary/aromatic N) is 2. The van der Waals surface area contributed by atoms with Gasteiger partial charge in [-0.2, -0.15) is 4.31 Å². The van der Waals surface area contributed by atoms with E-state index in [0.717, 1.165) is 17.7 Å². The molecule has 1 aromatic carbocycles. The van der Waals surface area contributed by atoms with Gasteiger partial charge >= 0.3 is 0 Å². The molecule has 1 rings (SSSR count). The van der Waals surface area contributed by atoms with Gasteiger partial charge in [0.05, 0.1) is 6.26 Å². The van der Waals surface area contributed by atoms with E-state index in [0.29, 0.717) is 12.1 Å². The first-order valence-electron chi connectivity index (χ1n) is 9.02. The number of rotatable bonds is 9. The van der Waals surface area contributed by atoms with E-state index in [2.05, 4.69) is 5.32 Å². The summed E-state index contributed by atoms with van der Waals surface area (Å²) in [4.78, 5) is 14.0. The van der Waals surface area contributed by atoms with Crippen LogP contribution < -0.4 is 10.2 Å². The van der Waals surface area contributed by atoms with E-state index in [-0.39, 0.29) is 24.4 Å². The quantitative estimate of drug-likeness (QED) is 0.710. The third kappa shape index (κ3) is 6.61. The van der Waals surface area contributed by atoms with E-state index < -0.39 is 10.0 Å². The fourth-order valence-electron chi connectivity index (χ4n) is 2.78. The van der Waals surface area contributed by atoms with E-state index in [4.69, 9.17) is 0 Å². The molecule has 0 bridgehead atoms. The zero-order valence-corrected chi connectivity index (χ0v) is 17.9. The fraction of sp³-hybridized carbons (Fsp3) is 0.632. The molecule has 0 aliphatic heterocycles. The summed E-state index contributed by atoms with van der Waals surface area (Å²) in [5, 5.41) is 2.91. The summed E-state index contributed by atoms with van der Waals surface area (Å²) in [5.41, 5.74) is 2.49. The van der Waals surface area contributed by atoms with Gasteiger partial charge in [-0.15, -0.1) is 0 Å². The van der Waals surface area contributed by atoms with Crippen molar-refractivity contribution in [3.05, 3.63) is 23.8 Å². The molecule has 0 aliphatic carbocycles. The molecule has 0 saturated heterocycles. The molecular weight excluding hydrogens is 350 g/mol. The summed E-state index contributed by atoms with van der Waals surface area (Å²) in [7, 11) is 0.500. The summed E-state index contributed by atoms with van der Waals surface area (Å²) >= 11 is 0. The summed E-state index contributed by atoms with van der Waals surface area (Å²) in [6.07, 6.45) is 2.42. The van der Waals surface area contributed by atoms with E-state index >= 15 is 0 Å². The van der Waals surface area contributed by atoms with Gasteiger partial charge in [-0.3, -0.25) is 4.79 Å². The number of hydrogen-bond acceptors (Lipinski definition) is 4. The molecule has 0 unspecified atom stereocenters. The Labute approximate surface area is 158 Å². The van der Waals surface area contributed by atoms with Crippen molar-refractivity contribution < 1.29 is 13.2 Å². The highest BCUT2D eigenvalue weighted by atomic mass is 32.2. The summed E-state index contributed by atoms with van der Waals surface area (Å²) in [5.74, 6) is 0.243. The highest BCUT2D eigenvalue weighted by Gasteiger charge is 2.24. The highest BCUT2D eigenvalue weighted by molar-refractivity contribution is 7.88. The third-order valence-electron chi connectivity index (χ3n) is 4.27. The molecule has 6 nitrogen and oxygen atoms in total. The van der Waals surface area contributed by atoms with E-state index in [1.807, 2.05) is 64.9 Å². The largest absolute Gasteiger partial charge is 0.377 e. The molecule has 0 spiro atoms. The van der Waals surface area contributed by atoms with Crippen LogP contribution in [0.1, 0.15) is 46.1 Å². The predicted octanol–water partition coefficient (Wildman–Crippen LogP) is 3.30. The Balaban J connectivity index is 3.20. The van der Waals surface area contributed by atoms with Crippen LogP contribution in [0.3, 0.4) is 0 Å². The maximum atomic E-state index is 12.2. The third-order valence-corrected chi connectivity index (χ3v) is 5.61. The average molecular weight is 384 g/mol. The zero-order valence-electron chi connectivity index (χ0n) is 17.0. The minimum absolute atomic E-state index is 0.0366. The van der Waals surface area contributed by atoms with Crippen LogP contribution in [0.2, 0.25) is 0 Å². The molecule has 148 valence electrons. The van der Waals surface area contributed by atoms with E-state index in [1.165, 1.54) is 10.6 Å². The standard InChI is InChI=1S/C19H33N3O3S/c1-8-15(4)22(26(7,24)25)13-16-12-17(9-10-18(16)21(5)6)20-19(23)11-14(2)3/h9-10,12,14-15H,8,11,13H2,1-7H3,(H,20,23)/t15-/m1/s1. The Morgan fingerprint density at radius 3 is 2.27 bits per heavy atom. The minimum Gasteiger partial charge on any atom is -0.377 e. The lowest BCUT2D eigenvalue weighted by Crippen LogP contribution is -2.37. The number of anilines is 2. The SMILES string of the molecule is CC[C@@H](C)N(Cc1cc(NC(=O)CC(C)C)ccc1N(C)C)S(C)(=O)=O. The van der Waals surface area contributed by atoms with E-state index in [9.17, 15) is 13.2 Å². The summed E-state index contributed by atoms with van der Waals surface area (Å²) in [6.45, 7) is 8.14. The smallest absolute Gasteiger partial charge is 0.224 e. The van der Waals surface area contributed by atoms with Crippen LogP contribution in [0.15, 0.2) is 18.2 Å². The van der Waals surface area contributed by atoms with Gasteiger partial charge in [0, 0.05) is 44.5 Å². The molecule has 1 amide bonds. The normalized spacial score (nSPS) is 13.1. The van der Waals surface area contributed by atoms with Gasteiger partial charge in [0.1, 0.15) is 0 Å². The molecule has 0 radical (unpaired) electrons. The van der Waals surface area contributed by atoms with Crippen LogP contribution in [0.25, 0.3) is 0 Å². The molecule has 1 atom stereocenters. The first-order valence-corrected chi connectivity index (χ1v) is 10.9. The second-order valence-electron chi connectivity index (χ2n) is 7.45. The highest BCUT2D eigenvalue weighted by Crippen LogP contribution is 2.26. The topological polar surface area (TPSA) is 69.7 Å². The van der Waals surface area contributed by atoms with E-state index in [1.54, 1.807) is 0 Å². The van der Waals surface area contributed by atoms with Crippen molar-refractivity contribution >= 4 is 27.3 Å². The van der Waals surface area contributed by atoms with Gasteiger partial charge in [-0.25, -0.2) is 8.42 Å². The monoisotopic (exact) mass is 383 g/mol. The second-order valence-corrected chi connectivity index (χ2v) is 9.38. The number of carbonyl (C=O) groups is 1. The van der Waals surface area contributed by atoms with Crippen molar-refractivity contribution in [1.29, 1.82) is 0 Å². The number of hydrogen-bond donors (Lipinski definition) is 1. The van der Waals surface area contributed by atoms with Gasteiger partial charge in [0.2, 0.25) is 15.9 Å². The van der Waals surface area contributed by atoms with Crippen molar-refractivity contribution in [2.45, 2.75) is 53.1 Å². The fourth-order valence-corrected chi connectivity index (χ4v) is 3.96. The first-order chi connectivity index (χ1) is 12.0. The van der Waals surface area contributed by atoms with Crippen LogP contribution in [0.5, 0.6) is 0 Å². The van der Waals surface area contributed by atoms with Crippen molar-refractivity contribution in [3.8, 4) is 0 Å². The van der Waals surface area contributed by atoms with Crippen LogP contribution in [-0.4, -0.2) is 45.0 Å². The molecule has 0 aromatic heterocycles. The molecule has 26 heavy (non-hydrogen) atoms. The van der Waals surface area contributed by atoms with Gasteiger partial charge in [0.15, 0.2) is 0 Å². The molecule has 0 heterocycles. The van der Waals surface area contributed by atoms with Crippen LogP contribution in [-0.2, 0) is 21.4 Å². The van der Waals surface area contributed by atoms with Crippen LogP contribution in [0, 0.1) is 5.92 Å². The molecule has 1 aromatic rings. The average Bonchev–Trinajstić information content (AvgIpc) is 2.49. The molecule has 0 aliphatic rings. The van der Waals surface area contributed by atoms with Gasteiger partial charge < -0.3 is 10.2 Å². The van der Waals surface area contributed by atoms with Crippen LogP contribution in [0.4, 0.5) is 11.4 Å². The van der Waals surface area contributed by atoms with Crippen molar-refractivity contribution in [2.24, 2.45) is 5.92 Å². The lowest BCUT2D eigenvalue weighted by Gasteiger charge is -2.28. The molecule has 0 fully saturated rings. The predicted molar refractivity (Wildman–Crippen MR) is 109 cm³/mol. The van der Waals surface area contributed by atoms with Crippen molar-refractivity contribution in [2.75, 3.05) is 30.6 Å². The zero-order chi connectivity index (χ0) is 20.1. The van der Waals surface area contributed by atoms with Gasteiger partial charge in [-0.05, 0) is 43.0 Å². The van der Waals surface area contributed by atoms with Crippen molar-refractivity contribution in [1.82, 2.24) is 4.31 Å². The second kappa shape index (κ2) is 9.37. The molecule has 0 saturated carbocycles. The Morgan fingerprint density at radius 2 is 1.81 bits per heavy atom. The number of nitrogens with one attached hydrogen (secondary N) is 1. The number of sulfonamides is 1. The lowest BCUT2D eigenvalue weighted by atomic mass is 10.1. The lowest BCUT2D eigenvalue weighted by molar-refractivity contribution is -0.116. The summed E-state index contributed by atoms with van der Waals surface area (Å²) < 4.78 is 26.0. The number of carbonyl (C=O) groups excluding carboxylic acids is 1. The molecule has 7 heteroatoms. The molecular formula is C19H33N3O3S.